The van der Waals surface area contributed by atoms with Gasteiger partial charge in [0.25, 0.3) is 23.4 Å². The molecule has 2 amide bonds. The van der Waals surface area contributed by atoms with Crippen molar-refractivity contribution >= 4 is 34.8 Å². The molecule has 0 unspecified atom stereocenters. The molecule has 0 bridgehead atoms. The number of carbonyl (C=O) groups excluding carboxylic acids is 2. The molecule has 2 N–H and O–H groups in total. The molecule has 1 fully saturated rings. The van der Waals surface area contributed by atoms with Crippen molar-refractivity contribution in [2.24, 2.45) is 0 Å². The van der Waals surface area contributed by atoms with Crippen LogP contribution in [-0.4, -0.2) is 45.7 Å². The number of amides is 2. The Balaban J connectivity index is 2.06. The summed E-state index contributed by atoms with van der Waals surface area (Å²) in [6.07, 6.45) is -2.57. The molecule has 0 saturated heterocycles. The molecule has 2 atom stereocenters. The average molecular weight is 510 g/mol. The zero-order valence-corrected chi connectivity index (χ0v) is 18.2. The predicted octanol–water partition coefficient (Wildman–Crippen LogP) is 4.11. The van der Waals surface area contributed by atoms with Gasteiger partial charge in [-0.25, -0.2) is 23.1 Å². The van der Waals surface area contributed by atoms with E-state index in [1.54, 1.807) is 0 Å². The minimum Gasteiger partial charge on any atom is -0.351 e. The van der Waals surface area contributed by atoms with Crippen LogP contribution < -0.4 is 15.5 Å². The topological polar surface area (TPSA) is 87.2 Å². The van der Waals surface area contributed by atoms with Crippen molar-refractivity contribution in [2.75, 3.05) is 10.2 Å². The van der Waals surface area contributed by atoms with E-state index in [-0.39, 0.29) is 11.3 Å². The monoisotopic (exact) mass is 509 g/mol. The van der Waals surface area contributed by atoms with E-state index in [1.807, 2.05) is 0 Å². The van der Waals surface area contributed by atoms with E-state index in [0.29, 0.717) is 4.90 Å². The molecule has 7 nitrogen and oxygen atoms in total. The molecule has 1 aliphatic rings. The fourth-order valence-corrected chi connectivity index (χ4v) is 3.66. The SMILES string of the molecule is C[C@@](C(=O)NC1CC(F)(F)C1)(c1cncnc1)N(C(=O)[C@H](F)Cl)c1ccc(NC(F)(F)F)cc1. The molecular formula is C20H18ClF6N5O2. The van der Waals surface area contributed by atoms with Crippen LogP contribution in [0.15, 0.2) is 43.0 Å². The van der Waals surface area contributed by atoms with Crippen LogP contribution in [0.3, 0.4) is 0 Å². The number of hydrogen-bond donors (Lipinski definition) is 2. The van der Waals surface area contributed by atoms with Gasteiger partial charge < -0.3 is 5.32 Å². The lowest BCUT2D eigenvalue weighted by molar-refractivity contribution is -0.137. The van der Waals surface area contributed by atoms with E-state index < -0.39 is 59.8 Å². The third-order valence-electron chi connectivity index (χ3n) is 5.26. The Morgan fingerprint density at radius 2 is 1.71 bits per heavy atom. The first-order valence-corrected chi connectivity index (χ1v) is 10.2. The smallest absolute Gasteiger partial charge is 0.351 e. The van der Waals surface area contributed by atoms with Gasteiger partial charge in [0.15, 0.2) is 5.54 Å². The van der Waals surface area contributed by atoms with Gasteiger partial charge in [0.05, 0.1) is 0 Å². The standard InChI is InChI=1S/C20H18ClF6N5O2/c1-18(11-8-28-10-29-9-11,17(34)30-13-6-19(23,24)7-13)32(16(33)15(21)22)14-4-2-12(3-5-14)31-20(25,26)27/h2-5,8-10,13,15,31H,6-7H2,1H3,(H,30,34)/t15-,18-/m0/s1. The van der Waals surface area contributed by atoms with E-state index in [2.05, 4.69) is 15.3 Å². The number of nitrogens with zero attached hydrogens (tertiary/aromatic N) is 3. The molecule has 1 aromatic carbocycles. The van der Waals surface area contributed by atoms with Gasteiger partial charge in [-0.2, -0.15) is 13.2 Å². The van der Waals surface area contributed by atoms with E-state index in [9.17, 15) is 35.9 Å². The number of halogens is 7. The van der Waals surface area contributed by atoms with Gasteiger partial charge in [-0.3, -0.25) is 19.8 Å². The average Bonchev–Trinajstić information content (AvgIpc) is 2.73. The first-order valence-electron chi connectivity index (χ1n) is 9.74. The Hall–Kier alpha value is -3.09. The molecule has 1 heterocycles. The molecule has 184 valence electrons. The summed E-state index contributed by atoms with van der Waals surface area (Å²) in [5.41, 5.74) is -5.36. The number of aromatic nitrogens is 2. The number of anilines is 2. The van der Waals surface area contributed by atoms with Crippen molar-refractivity contribution < 1.29 is 35.9 Å². The summed E-state index contributed by atoms with van der Waals surface area (Å²) >= 11 is 5.39. The van der Waals surface area contributed by atoms with E-state index in [1.165, 1.54) is 12.2 Å². The molecule has 1 saturated carbocycles. The van der Waals surface area contributed by atoms with Crippen molar-refractivity contribution in [2.45, 2.75) is 49.2 Å². The molecule has 2 aromatic rings. The molecule has 3 rings (SSSR count). The molecule has 0 radical (unpaired) electrons. The second-order valence-corrected chi connectivity index (χ2v) is 8.16. The second kappa shape index (κ2) is 9.28. The van der Waals surface area contributed by atoms with E-state index >= 15 is 0 Å². The third-order valence-corrected chi connectivity index (χ3v) is 5.44. The van der Waals surface area contributed by atoms with Crippen LogP contribution >= 0.6 is 11.6 Å². The Morgan fingerprint density at radius 1 is 1.15 bits per heavy atom. The van der Waals surface area contributed by atoms with E-state index in [4.69, 9.17) is 11.6 Å². The molecule has 0 spiro atoms. The second-order valence-electron chi connectivity index (χ2n) is 7.78. The summed E-state index contributed by atoms with van der Waals surface area (Å²) in [4.78, 5) is 34.4. The third kappa shape index (κ3) is 5.51. The lowest BCUT2D eigenvalue weighted by atomic mass is 9.85. The summed E-state index contributed by atoms with van der Waals surface area (Å²) in [7, 11) is 0. The predicted molar refractivity (Wildman–Crippen MR) is 110 cm³/mol. The molecular weight excluding hydrogens is 492 g/mol. The van der Waals surface area contributed by atoms with Crippen LogP contribution in [0, 0.1) is 0 Å². The number of rotatable bonds is 7. The number of carbonyl (C=O) groups is 2. The van der Waals surface area contributed by atoms with Gasteiger partial charge in [0.2, 0.25) is 0 Å². The highest BCUT2D eigenvalue weighted by molar-refractivity contribution is 6.32. The lowest BCUT2D eigenvalue weighted by Gasteiger charge is -2.43. The minimum absolute atomic E-state index is 0.0262. The maximum Gasteiger partial charge on any atom is 0.482 e. The van der Waals surface area contributed by atoms with Crippen LogP contribution in [0.5, 0.6) is 0 Å². The summed E-state index contributed by atoms with van der Waals surface area (Å²) in [5, 5.41) is 3.67. The van der Waals surface area contributed by atoms with Gasteiger partial charge in [-0.15, -0.1) is 0 Å². The van der Waals surface area contributed by atoms with Gasteiger partial charge >= 0.3 is 6.30 Å². The summed E-state index contributed by atoms with van der Waals surface area (Å²) in [6.45, 7) is 1.19. The normalized spacial score (nSPS) is 18.2. The number of alkyl halides is 7. The van der Waals surface area contributed by atoms with Crippen LogP contribution in [-0.2, 0) is 15.1 Å². The van der Waals surface area contributed by atoms with Crippen molar-refractivity contribution in [3.05, 3.63) is 48.5 Å². The first-order chi connectivity index (χ1) is 15.7. The van der Waals surface area contributed by atoms with Crippen LogP contribution in [0.4, 0.5) is 37.7 Å². The molecule has 34 heavy (non-hydrogen) atoms. The highest BCUT2D eigenvalue weighted by atomic mass is 35.5. The molecule has 1 aromatic heterocycles. The summed E-state index contributed by atoms with van der Waals surface area (Å²) in [5.74, 6) is -5.34. The highest BCUT2D eigenvalue weighted by Crippen LogP contribution is 2.40. The van der Waals surface area contributed by atoms with Gasteiger partial charge in [-0.1, -0.05) is 11.6 Å². The maximum absolute atomic E-state index is 14.0. The number of nitrogens with one attached hydrogen (secondary N) is 2. The van der Waals surface area contributed by atoms with Crippen molar-refractivity contribution in [3.63, 3.8) is 0 Å². The number of benzene rings is 1. The number of hydrogen-bond acceptors (Lipinski definition) is 5. The minimum atomic E-state index is -4.74. The zero-order valence-electron chi connectivity index (χ0n) is 17.4. The van der Waals surface area contributed by atoms with E-state index in [0.717, 1.165) is 43.0 Å². The Kier molecular flexibility index (Phi) is 6.97. The quantitative estimate of drug-likeness (QED) is 0.333. The van der Waals surface area contributed by atoms with Crippen LogP contribution in [0.25, 0.3) is 0 Å². The van der Waals surface area contributed by atoms with Crippen molar-refractivity contribution in [1.82, 2.24) is 15.3 Å². The Labute approximate surface area is 194 Å². The van der Waals surface area contributed by atoms with Crippen molar-refractivity contribution in [3.8, 4) is 0 Å². The Bertz CT molecular complexity index is 1030. The Morgan fingerprint density at radius 3 is 2.18 bits per heavy atom. The van der Waals surface area contributed by atoms with Gasteiger partial charge in [0, 0.05) is 48.2 Å². The zero-order chi connectivity index (χ0) is 25.3. The van der Waals surface area contributed by atoms with Crippen LogP contribution in [0.2, 0.25) is 0 Å². The largest absolute Gasteiger partial charge is 0.482 e. The van der Waals surface area contributed by atoms with Crippen LogP contribution in [0.1, 0.15) is 25.3 Å². The highest BCUT2D eigenvalue weighted by Gasteiger charge is 2.51. The lowest BCUT2D eigenvalue weighted by Crippen LogP contribution is -2.62. The maximum atomic E-state index is 14.0. The molecule has 0 aliphatic heterocycles. The molecule has 1 aliphatic carbocycles. The summed E-state index contributed by atoms with van der Waals surface area (Å²) in [6, 6.07) is 3.07. The van der Waals surface area contributed by atoms with Gasteiger partial charge in [0.1, 0.15) is 6.33 Å². The van der Waals surface area contributed by atoms with Crippen molar-refractivity contribution in [1.29, 1.82) is 0 Å². The fraction of sp³-hybridized carbons (Fsp3) is 0.400. The molecule has 14 heteroatoms. The summed E-state index contributed by atoms with van der Waals surface area (Å²) < 4.78 is 78.4. The fourth-order valence-electron chi connectivity index (χ4n) is 3.56. The van der Waals surface area contributed by atoms with Gasteiger partial charge in [-0.05, 0) is 31.2 Å². The first kappa shape index (κ1) is 25.5.